The Morgan fingerprint density at radius 3 is 2.54 bits per heavy atom. The number of unbranched alkanes of at least 4 members (excludes halogenated alkanes) is 1. The summed E-state index contributed by atoms with van der Waals surface area (Å²) in [5.74, 6) is -1.10. The summed E-state index contributed by atoms with van der Waals surface area (Å²) in [5, 5.41) is 5.09. The van der Waals surface area contributed by atoms with Crippen LogP contribution >= 0.6 is 0 Å². The van der Waals surface area contributed by atoms with Gasteiger partial charge in [-0.3, -0.25) is 14.5 Å². The molecule has 2 rings (SSSR count). The van der Waals surface area contributed by atoms with Gasteiger partial charge in [0.15, 0.2) is 9.84 Å². The molecule has 26 heavy (non-hydrogen) atoms. The minimum atomic E-state index is -3.53. The Labute approximate surface area is 152 Å². The number of urea groups is 1. The lowest BCUT2D eigenvalue weighted by molar-refractivity contribution is -0.133. The quantitative estimate of drug-likeness (QED) is 0.696. The van der Waals surface area contributed by atoms with Gasteiger partial charge in [0, 0.05) is 6.26 Å². The first kappa shape index (κ1) is 19.9. The minimum absolute atomic E-state index is 0.0293. The molecule has 8 nitrogen and oxygen atoms in total. The highest BCUT2D eigenvalue weighted by Gasteiger charge is 2.47. The summed E-state index contributed by atoms with van der Waals surface area (Å²) < 4.78 is 23.6. The maximum atomic E-state index is 12.5. The van der Waals surface area contributed by atoms with E-state index in [1.54, 1.807) is 19.1 Å². The van der Waals surface area contributed by atoms with E-state index in [4.69, 9.17) is 0 Å². The fourth-order valence-corrected chi connectivity index (χ4v) is 3.66. The number of nitrogens with zero attached hydrogens (tertiary/aromatic N) is 1. The lowest BCUT2D eigenvalue weighted by Crippen LogP contribution is -2.44. The molecular formula is C17H23N3O5S. The molecule has 142 valence electrons. The summed E-state index contributed by atoms with van der Waals surface area (Å²) >= 11 is 0. The standard InChI is InChI=1S/C17H23N3O5S/c1-4-5-10-17(2)15(22)20(16(23)19-17)11-14(21)18-12-8-6-7-9-13(12)26(3,24)25/h6-9H,4-5,10-11H2,1-3H3,(H,18,21)(H,19,23)/t17-/m0/s1. The zero-order chi connectivity index (χ0) is 19.5. The number of benzene rings is 1. The van der Waals surface area contributed by atoms with Crippen molar-refractivity contribution < 1.29 is 22.8 Å². The van der Waals surface area contributed by atoms with Gasteiger partial charge in [-0.2, -0.15) is 0 Å². The SMILES string of the molecule is CCCC[C@]1(C)NC(=O)N(CC(=O)Nc2ccccc2S(C)(=O)=O)C1=O. The highest BCUT2D eigenvalue weighted by atomic mass is 32.2. The summed E-state index contributed by atoms with van der Waals surface area (Å²) in [4.78, 5) is 37.7. The molecular weight excluding hydrogens is 358 g/mol. The van der Waals surface area contributed by atoms with E-state index in [1.807, 2.05) is 6.92 Å². The fourth-order valence-electron chi connectivity index (χ4n) is 2.82. The molecule has 9 heteroatoms. The second-order valence-corrected chi connectivity index (χ2v) is 8.56. The number of nitrogens with one attached hydrogen (secondary N) is 2. The van der Waals surface area contributed by atoms with Gasteiger partial charge in [0.2, 0.25) is 5.91 Å². The number of carbonyl (C=O) groups excluding carboxylic acids is 3. The Kier molecular flexibility index (Phi) is 5.70. The molecule has 0 aromatic heterocycles. The molecule has 4 amide bonds. The first-order valence-corrected chi connectivity index (χ1v) is 10.2. The predicted octanol–water partition coefficient (Wildman–Crippen LogP) is 1.53. The molecule has 0 radical (unpaired) electrons. The number of rotatable bonds is 7. The average molecular weight is 381 g/mol. The van der Waals surface area contributed by atoms with Crippen LogP contribution < -0.4 is 10.6 Å². The van der Waals surface area contributed by atoms with Crippen molar-refractivity contribution in [2.75, 3.05) is 18.1 Å². The van der Waals surface area contributed by atoms with Gasteiger partial charge < -0.3 is 10.6 Å². The second-order valence-electron chi connectivity index (χ2n) is 6.57. The summed E-state index contributed by atoms with van der Waals surface area (Å²) in [7, 11) is -3.53. The Bertz CT molecular complexity index is 837. The van der Waals surface area contributed by atoms with Crippen molar-refractivity contribution in [2.45, 2.75) is 43.5 Å². The first-order chi connectivity index (χ1) is 12.1. The third-order valence-corrected chi connectivity index (χ3v) is 5.39. The van der Waals surface area contributed by atoms with Crippen molar-refractivity contribution in [1.29, 1.82) is 0 Å². The number of amides is 4. The molecule has 1 aromatic carbocycles. The molecule has 1 aromatic rings. The monoisotopic (exact) mass is 381 g/mol. The average Bonchev–Trinajstić information content (AvgIpc) is 2.76. The van der Waals surface area contributed by atoms with Crippen molar-refractivity contribution in [3.63, 3.8) is 0 Å². The van der Waals surface area contributed by atoms with E-state index in [9.17, 15) is 22.8 Å². The minimum Gasteiger partial charge on any atom is -0.323 e. The Morgan fingerprint density at radius 2 is 1.92 bits per heavy atom. The lowest BCUT2D eigenvalue weighted by atomic mass is 9.95. The molecule has 1 fully saturated rings. The first-order valence-electron chi connectivity index (χ1n) is 8.31. The van der Waals surface area contributed by atoms with Crippen molar-refractivity contribution in [3.8, 4) is 0 Å². The number of imide groups is 1. The van der Waals surface area contributed by atoms with Crippen LogP contribution in [0.2, 0.25) is 0 Å². The lowest BCUT2D eigenvalue weighted by Gasteiger charge is -2.21. The van der Waals surface area contributed by atoms with Gasteiger partial charge in [-0.25, -0.2) is 13.2 Å². The van der Waals surface area contributed by atoms with E-state index < -0.39 is 39.8 Å². The van der Waals surface area contributed by atoms with Crippen LogP contribution in [-0.2, 0) is 19.4 Å². The zero-order valence-corrected chi connectivity index (χ0v) is 15.9. The Hall–Kier alpha value is -2.42. The molecule has 1 heterocycles. The Morgan fingerprint density at radius 1 is 1.27 bits per heavy atom. The van der Waals surface area contributed by atoms with Crippen molar-refractivity contribution in [3.05, 3.63) is 24.3 Å². The molecule has 0 unspecified atom stereocenters. The number of hydrogen-bond donors (Lipinski definition) is 2. The molecule has 0 saturated carbocycles. The van der Waals surface area contributed by atoms with Crippen LogP contribution in [-0.4, -0.2) is 49.5 Å². The van der Waals surface area contributed by atoms with E-state index in [2.05, 4.69) is 10.6 Å². The number of hydrogen-bond acceptors (Lipinski definition) is 5. The van der Waals surface area contributed by atoms with E-state index in [0.29, 0.717) is 6.42 Å². The van der Waals surface area contributed by atoms with Crippen LogP contribution in [0.5, 0.6) is 0 Å². The smallest absolute Gasteiger partial charge is 0.323 e. The molecule has 0 spiro atoms. The van der Waals surface area contributed by atoms with Crippen molar-refractivity contribution in [2.24, 2.45) is 0 Å². The number of carbonyl (C=O) groups is 3. The summed E-state index contributed by atoms with van der Waals surface area (Å²) in [6.45, 7) is 3.14. The second kappa shape index (κ2) is 7.45. The third kappa shape index (κ3) is 4.21. The molecule has 0 aliphatic carbocycles. The molecule has 1 saturated heterocycles. The van der Waals surface area contributed by atoms with Crippen LogP contribution in [0, 0.1) is 0 Å². The van der Waals surface area contributed by atoms with Crippen LogP contribution in [0.15, 0.2) is 29.2 Å². The van der Waals surface area contributed by atoms with Gasteiger partial charge in [0.1, 0.15) is 12.1 Å². The molecule has 1 aliphatic heterocycles. The fraction of sp³-hybridized carbons (Fsp3) is 0.471. The van der Waals surface area contributed by atoms with E-state index in [-0.39, 0.29) is 10.6 Å². The summed E-state index contributed by atoms with van der Waals surface area (Å²) in [6, 6.07) is 5.33. The Balaban J connectivity index is 2.12. The van der Waals surface area contributed by atoms with E-state index >= 15 is 0 Å². The normalized spacial score (nSPS) is 20.2. The van der Waals surface area contributed by atoms with Gasteiger partial charge in [0.05, 0.1) is 10.6 Å². The topological polar surface area (TPSA) is 113 Å². The number of para-hydroxylation sites is 1. The zero-order valence-electron chi connectivity index (χ0n) is 15.0. The highest BCUT2D eigenvalue weighted by Crippen LogP contribution is 2.24. The summed E-state index contributed by atoms with van der Waals surface area (Å²) in [5.41, 5.74) is -0.904. The van der Waals surface area contributed by atoms with Crippen LogP contribution in [0.3, 0.4) is 0 Å². The molecule has 1 atom stereocenters. The van der Waals surface area contributed by atoms with E-state index in [0.717, 1.165) is 24.0 Å². The van der Waals surface area contributed by atoms with Gasteiger partial charge in [-0.1, -0.05) is 31.9 Å². The third-order valence-electron chi connectivity index (χ3n) is 4.24. The highest BCUT2D eigenvalue weighted by molar-refractivity contribution is 7.90. The molecule has 2 N–H and O–H groups in total. The van der Waals surface area contributed by atoms with Crippen molar-refractivity contribution in [1.82, 2.24) is 10.2 Å². The van der Waals surface area contributed by atoms with Gasteiger partial charge in [-0.15, -0.1) is 0 Å². The molecule has 0 bridgehead atoms. The maximum Gasteiger partial charge on any atom is 0.325 e. The van der Waals surface area contributed by atoms with Gasteiger partial charge >= 0.3 is 6.03 Å². The largest absolute Gasteiger partial charge is 0.325 e. The summed E-state index contributed by atoms with van der Waals surface area (Å²) in [6.07, 6.45) is 3.17. The van der Waals surface area contributed by atoms with Gasteiger partial charge in [0.25, 0.3) is 5.91 Å². The maximum absolute atomic E-state index is 12.5. The number of anilines is 1. The molecule has 1 aliphatic rings. The van der Waals surface area contributed by atoms with Crippen LogP contribution in [0.4, 0.5) is 10.5 Å². The van der Waals surface area contributed by atoms with Crippen molar-refractivity contribution >= 4 is 33.4 Å². The number of sulfone groups is 1. The van der Waals surface area contributed by atoms with Gasteiger partial charge in [-0.05, 0) is 25.5 Å². The van der Waals surface area contributed by atoms with Crippen LogP contribution in [0.1, 0.15) is 33.1 Å². The van der Waals surface area contributed by atoms with Crippen LogP contribution in [0.25, 0.3) is 0 Å². The predicted molar refractivity (Wildman–Crippen MR) is 96.4 cm³/mol. The van der Waals surface area contributed by atoms with E-state index in [1.165, 1.54) is 12.1 Å².